The number of hydrogen-bond acceptors (Lipinski definition) is 5. The molecule has 2 aromatic rings. The lowest BCUT2D eigenvalue weighted by molar-refractivity contribution is -0.129. The maximum absolute atomic E-state index is 14.2. The van der Waals surface area contributed by atoms with Crippen molar-refractivity contribution in [3.8, 4) is 11.5 Å². The van der Waals surface area contributed by atoms with Crippen LogP contribution in [0.25, 0.3) is 0 Å². The molecule has 0 aromatic heterocycles. The van der Waals surface area contributed by atoms with Crippen LogP contribution in [-0.2, 0) is 10.3 Å². The van der Waals surface area contributed by atoms with Crippen LogP contribution in [0.1, 0.15) is 17.5 Å². The molecule has 3 rings (SSSR count). The summed E-state index contributed by atoms with van der Waals surface area (Å²) in [5.41, 5.74) is 4.95. The molecule has 0 radical (unpaired) electrons. The third-order valence-corrected chi connectivity index (χ3v) is 4.67. The summed E-state index contributed by atoms with van der Waals surface area (Å²) in [5, 5.41) is 0. The van der Waals surface area contributed by atoms with Crippen LogP contribution in [0.15, 0.2) is 60.1 Å². The molecular weight excluding hydrogens is 399 g/mol. The first-order valence-corrected chi connectivity index (χ1v) is 9.02. The van der Waals surface area contributed by atoms with Gasteiger partial charge in [-0.25, -0.2) is 9.38 Å². The number of guanidine groups is 1. The Balaban J connectivity index is 2.10. The minimum absolute atomic E-state index is 0.0358. The Morgan fingerprint density at radius 2 is 1.90 bits per heavy atom. The molecule has 1 atom stereocenters. The number of alkyl halides is 2. The highest BCUT2D eigenvalue weighted by molar-refractivity contribution is 6.08. The molecule has 30 heavy (non-hydrogen) atoms. The number of carbonyl (C=O) groups excluding carboxylic acids is 1. The number of amides is 1. The van der Waals surface area contributed by atoms with E-state index < -0.39 is 23.9 Å². The van der Waals surface area contributed by atoms with Crippen molar-refractivity contribution in [3.63, 3.8) is 0 Å². The monoisotopic (exact) mass is 419 g/mol. The smallest absolute Gasteiger partial charge is 0.387 e. The number of carbonyl (C=O) groups is 1. The van der Waals surface area contributed by atoms with Gasteiger partial charge in [-0.1, -0.05) is 24.3 Å². The summed E-state index contributed by atoms with van der Waals surface area (Å²) < 4.78 is 49.0. The number of benzene rings is 2. The van der Waals surface area contributed by atoms with E-state index in [1.54, 1.807) is 6.08 Å². The number of hydrogen-bond donors (Lipinski definition) is 1. The molecule has 0 spiro atoms. The first kappa shape index (κ1) is 21.2. The molecule has 0 saturated heterocycles. The molecule has 158 valence electrons. The van der Waals surface area contributed by atoms with Crippen molar-refractivity contribution >= 4 is 11.9 Å². The zero-order chi connectivity index (χ0) is 21.9. The van der Waals surface area contributed by atoms with Crippen LogP contribution >= 0.6 is 0 Å². The third kappa shape index (κ3) is 3.83. The van der Waals surface area contributed by atoms with Crippen LogP contribution in [0, 0.1) is 5.82 Å². The van der Waals surface area contributed by atoms with Crippen molar-refractivity contribution in [1.29, 1.82) is 0 Å². The first-order valence-electron chi connectivity index (χ1n) is 9.02. The van der Waals surface area contributed by atoms with E-state index in [0.717, 1.165) is 0 Å². The summed E-state index contributed by atoms with van der Waals surface area (Å²) in [6.07, 6.45) is 2.14. The largest absolute Gasteiger partial charge is 0.490 e. The van der Waals surface area contributed by atoms with Crippen molar-refractivity contribution in [2.24, 2.45) is 10.7 Å². The maximum Gasteiger partial charge on any atom is 0.387 e. The van der Waals surface area contributed by atoms with Crippen molar-refractivity contribution in [2.45, 2.75) is 18.6 Å². The van der Waals surface area contributed by atoms with Gasteiger partial charge in [-0.05, 0) is 41.8 Å². The molecule has 1 aliphatic rings. The van der Waals surface area contributed by atoms with Crippen LogP contribution in [0.5, 0.6) is 11.5 Å². The van der Waals surface area contributed by atoms with Gasteiger partial charge in [0.2, 0.25) is 0 Å². The third-order valence-electron chi connectivity index (χ3n) is 4.67. The molecule has 0 fully saturated rings. The molecule has 2 N–H and O–H groups in total. The van der Waals surface area contributed by atoms with Crippen LogP contribution in [0.3, 0.4) is 0 Å². The normalized spacial score (nSPS) is 18.5. The summed E-state index contributed by atoms with van der Waals surface area (Å²) in [6.45, 7) is 0.807. The van der Waals surface area contributed by atoms with Gasteiger partial charge in [-0.2, -0.15) is 8.78 Å². The van der Waals surface area contributed by atoms with E-state index in [1.165, 1.54) is 54.4 Å². The Bertz CT molecular complexity index is 979. The Morgan fingerprint density at radius 3 is 2.47 bits per heavy atom. The van der Waals surface area contributed by atoms with Gasteiger partial charge in [0.05, 0.1) is 6.61 Å². The van der Waals surface area contributed by atoms with Crippen molar-refractivity contribution < 1.29 is 27.4 Å². The molecule has 0 bridgehead atoms. The molecular formula is C21H20F3N3O3. The SMILES string of the molecule is C=CCCOc1cc(C2(c3ccc(OC(F)F)cc3)N=C(N)N(C)C2=O)ccc1F. The molecule has 1 amide bonds. The number of ether oxygens (including phenoxy) is 2. The number of likely N-dealkylation sites (N-methyl/N-ethyl adjacent to an activating group) is 1. The molecule has 6 nitrogen and oxygen atoms in total. The number of nitrogens with two attached hydrogens (primary N) is 1. The van der Waals surface area contributed by atoms with E-state index >= 15 is 0 Å². The first-order chi connectivity index (χ1) is 14.3. The Labute approximate surface area is 171 Å². The van der Waals surface area contributed by atoms with E-state index in [9.17, 15) is 18.0 Å². The van der Waals surface area contributed by atoms with E-state index in [1.807, 2.05) is 0 Å². The highest BCUT2D eigenvalue weighted by Crippen LogP contribution is 2.41. The minimum Gasteiger partial charge on any atom is -0.490 e. The zero-order valence-electron chi connectivity index (χ0n) is 16.1. The van der Waals surface area contributed by atoms with Crippen molar-refractivity contribution in [1.82, 2.24) is 4.90 Å². The topological polar surface area (TPSA) is 77.2 Å². The number of halogens is 3. The average molecular weight is 419 g/mol. The predicted octanol–water partition coefficient (Wildman–Crippen LogP) is 3.41. The van der Waals surface area contributed by atoms with Gasteiger partial charge in [0.1, 0.15) is 5.75 Å². The molecule has 1 heterocycles. The molecule has 1 aliphatic heterocycles. The highest BCUT2D eigenvalue weighted by atomic mass is 19.3. The molecule has 0 aliphatic carbocycles. The fourth-order valence-electron chi connectivity index (χ4n) is 3.15. The van der Waals surface area contributed by atoms with Gasteiger partial charge in [-0.15, -0.1) is 6.58 Å². The fraction of sp³-hybridized carbons (Fsp3) is 0.238. The average Bonchev–Trinajstić information content (AvgIpc) is 2.94. The quantitative estimate of drug-likeness (QED) is 0.526. The zero-order valence-corrected chi connectivity index (χ0v) is 16.1. The Morgan fingerprint density at radius 1 is 1.23 bits per heavy atom. The molecule has 0 saturated carbocycles. The van der Waals surface area contributed by atoms with E-state index in [-0.39, 0.29) is 24.1 Å². The predicted molar refractivity (Wildman–Crippen MR) is 105 cm³/mol. The number of rotatable bonds is 8. The van der Waals surface area contributed by atoms with Crippen LogP contribution in [-0.4, -0.2) is 37.0 Å². The Kier molecular flexibility index (Phi) is 6.00. The number of nitrogens with zero attached hydrogens (tertiary/aromatic N) is 2. The van der Waals surface area contributed by atoms with Crippen LogP contribution in [0.4, 0.5) is 13.2 Å². The van der Waals surface area contributed by atoms with Gasteiger partial charge >= 0.3 is 6.61 Å². The summed E-state index contributed by atoms with van der Waals surface area (Å²) in [5.74, 6) is -1.25. The molecule has 1 unspecified atom stereocenters. The molecule has 9 heteroatoms. The lowest BCUT2D eigenvalue weighted by Gasteiger charge is -2.26. The van der Waals surface area contributed by atoms with Gasteiger partial charge in [0.25, 0.3) is 5.91 Å². The summed E-state index contributed by atoms with van der Waals surface area (Å²) in [7, 11) is 1.46. The second-order valence-electron chi connectivity index (χ2n) is 6.52. The van der Waals surface area contributed by atoms with Gasteiger partial charge in [0, 0.05) is 7.05 Å². The van der Waals surface area contributed by atoms with Crippen molar-refractivity contribution in [2.75, 3.05) is 13.7 Å². The summed E-state index contributed by atoms with van der Waals surface area (Å²) >= 11 is 0. The van der Waals surface area contributed by atoms with E-state index in [2.05, 4.69) is 16.3 Å². The second-order valence-corrected chi connectivity index (χ2v) is 6.52. The molecule has 2 aromatic carbocycles. The highest BCUT2D eigenvalue weighted by Gasteiger charge is 2.49. The summed E-state index contributed by atoms with van der Waals surface area (Å²) in [6, 6.07) is 9.44. The van der Waals surface area contributed by atoms with Crippen LogP contribution in [0.2, 0.25) is 0 Å². The second kappa shape index (κ2) is 8.48. The lowest BCUT2D eigenvalue weighted by atomic mass is 9.82. The van der Waals surface area contributed by atoms with Crippen molar-refractivity contribution in [3.05, 3.63) is 72.1 Å². The van der Waals surface area contributed by atoms with E-state index in [4.69, 9.17) is 10.5 Å². The lowest BCUT2D eigenvalue weighted by Crippen LogP contribution is -2.41. The summed E-state index contributed by atoms with van der Waals surface area (Å²) in [4.78, 5) is 18.7. The number of aliphatic imine (C=N–C) groups is 1. The fourth-order valence-corrected chi connectivity index (χ4v) is 3.15. The standard InChI is InChI=1S/C21H20F3N3O3/c1-3-4-11-29-17-12-14(7-10-16(17)22)21(18(28)27(2)20(25)26-21)13-5-8-15(9-6-13)30-19(23)24/h3,5-10,12,19H,1,4,11H2,2H3,(H2,25,26). The van der Waals surface area contributed by atoms with Gasteiger partial charge in [-0.3, -0.25) is 9.69 Å². The Hall–Kier alpha value is -3.49. The van der Waals surface area contributed by atoms with E-state index in [0.29, 0.717) is 17.5 Å². The minimum atomic E-state index is -2.98. The van der Waals surface area contributed by atoms with Crippen LogP contribution < -0.4 is 15.2 Å². The van der Waals surface area contributed by atoms with Gasteiger partial charge in [0.15, 0.2) is 23.1 Å². The maximum atomic E-state index is 14.2. The van der Waals surface area contributed by atoms with Gasteiger partial charge < -0.3 is 15.2 Å².